The fourth-order valence-electron chi connectivity index (χ4n) is 2.12. The van der Waals surface area contributed by atoms with E-state index in [2.05, 4.69) is 21.2 Å². The number of hydrogen-bond acceptors (Lipinski definition) is 5. The highest BCUT2D eigenvalue weighted by molar-refractivity contribution is 9.10. The van der Waals surface area contributed by atoms with Crippen molar-refractivity contribution < 1.29 is 28.6 Å². The van der Waals surface area contributed by atoms with Crippen molar-refractivity contribution in [1.82, 2.24) is 0 Å². The number of carboxylic acid groups (broad SMARTS) is 1. The number of anilines is 1. The first-order chi connectivity index (χ1) is 11.4. The van der Waals surface area contributed by atoms with Crippen LogP contribution in [0.1, 0.15) is 33.6 Å². The first-order valence-corrected chi connectivity index (χ1v) is 7.79. The van der Waals surface area contributed by atoms with Crippen LogP contribution in [0.3, 0.4) is 0 Å². The number of rotatable bonds is 6. The number of methoxy groups -OCH3 is 2. The summed E-state index contributed by atoms with van der Waals surface area (Å²) in [6.07, 6.45) is 0.370. The van der Waals surface area contributed by atoms with Gasteiger partial charge in [0.15, 0.2) is 17.3 Å². The fourth-order valence-corrected chi connectivity index (χ4v) is 2.54. The van der Waals surface area contributed by atoms with Crippen LogP contribution in [0, 0.1) is 0 Å². The summed E-state index contributed by atoms with van der Waals surface area (Å²) < 4.78 is 16.3. The number of aromatic carboxylic acids is 1. The van der Waals surface area contributed by atoms with Crippen LogP contribution in [0.5, 0.6) is 11.5 Å². The second kappa shape index (κ2) is 7.39. The number of carboxylic acids is 1. The van der Waals surface area contributed by atoms with Crippen molar-refractivity contribution in [3.8, 4) is 11.5 Å². The van der Waals surface area contributed by atoms with E-state index >= 15 is 0 Å². The number of amides is 1. The van der Waals surface area contributed by atoms with E-state index in [0.717, 1.165) is 0 Å². The average molecular weight is 398 g/mol. The third-order valence-electron chi connectivity index (χ3n) is 3.31. The molecular formula is C16H16BrNO6. The lowest BCUT2D eigenvalue weighted by Gasteiger charge is -2.12. The van der Waals surface area contributed by atoms with E-state index in [1.807, 2.05) is 0 Å². The number of carbonyl (C=O) groups excluding carboxylic acids is 1. The number of nitrogens with one attached hydrogen (secondary N) is 1. The van der Waals surface area contributed by atoms with Gasteiger partial charge in [0.2, 0.25) is 0 Å². The minimum Gasteiger partial charge on any atom is -0.493 e. The van der Waals surface area contributed by atoms with Crippen LogP contribution in [-0.2, 0) is 6.42 Å². The Labute approximate surface area is 146 Å². The van der Waals surface area contributed by atoms with Crippen LogP contribution in [0.2, 0.25) is 0 Å². The molecule has 0 aliphatic heterocycles. The lowest BCUT2D eigenvalue weighted by Crippen LogP contribution is -2.11. The molecule has 2 aromatic rings. The Morgan fingerprint density at radius 3 is 2.33 bits per heavy atom. The standard InChI is InChI=1S/C16H16BrNO6/c1-4-11-8(16(20)21)5-14(24-11)15(19)18-10-7-13(23-3)12(22-2)6-9(10)17/h5-7H,4H2,1-3H3,(H,18,19)(H,20,21). The average Bonchev–Trinajstić information content (AvgIpc) is 3.01. The molecule has 0 bridgehead atoms. The number of carbonyl (C=O) groups is 2. The molecule has 1 aromatic carbocycles. The van der Waals surface area contributed by atoms with Gasteiger partial charge in [0.05, 0.1) is 19.9 Å². The van der Waals surface area contributed by atoms with Gasteiger partial charge in [-0.25, -0.2) is 4.79 Å². The molecule has 1 amide bonds. The van der Waals surface area contributed by atoms with E-state index in [9.17, 15) is 9.59 Å². The Balaban J connectivity index is 2.31. The fraction of sp³-hybridized carbons (Fsp3) is 0.250. The maximum Gasteiger partial charge on any atom is 0.339 e. The van der Waals surface area contributed by atoms with Gasteiger partial charge in [-0.1, -0.05) is 6.92 Å². The molecule has 128 valence electrons. The summed E-state index contributed by atoms with van der Waals surface area (Å²) in [5.41, 5.74) is 0.415. The highest BCUT2D eigenvalue weighted by Gasteiger charge is 2.21. The minimum absolute atomic E-state index is 0.0194. The number of benzene rings is 1. The molecule has 0 saturated heterocycles. The zero-order chi connectivity index (χ0) is 17.9. The molecule has 7 nitrogen and oxygen atoms in total. The van der Waals surface area contributed by atoms with Crippen LogP contribution in [0.4, 0.5) is 5.69 Å². The van der Waals surface area contributed by atoms with Gasteiger partial charge in [-0.15, -0.1) is 0 Å². The van der Waals surface area contributed by atoms with Crippen molar-refractivity contribution in [3.05, 3.63) is 39.8 Å². The molecule has 8 heteroatoms. The number of hydrogen-bond donors (Lipinski definition) is 2. The molecule has 0 unspecified atom stereocenters. The van der Waals surface area contributed by atoms with Crippen molar-refractivity contribution in [3.63, 3.8) is 0 Å². The Hall–Kier alpha value is -2.48. The lowest BCUT2D eigenvalue weighted by atomic mass is 10.2. The summed E-state index contributed by atoms with van der Waals surface area (Å²) in [7, 11) is 2.99. The highest BCUT2D eigenvalue weighted by Crippen LogP contribution is 2.36. The molecule has 0 atom stereocenters. The van der Waals surface area contributed by atoms with Gasteiger partial charge in [-0.05, 0) is 15.9 Å². The Kier molecular flexibility index (Phi) is 5.50. The second-order valence-corrected chi connectivity index (χ2v) is 5.60. The second-order valence-electron chi connectivity index (χ2n) is 4.75. The molecule has 1 heterocycles. The molecule has 0 radical (unpaired) electrons. The van der Waals surface area contributed by atoms with E-state index in [-0.39, 0.29) is 17.1 Å². The third-order valence-corrected chi connectivity index (χ3v) is 3.96. The molecule has 2 N–H and O–H groups in total. The van der Waals surface area contributed by atoms with Gasteiger partial charge >= 0.3 is 5.97 Å². The molecule has 0 spiro atoms. The van der Waals surface area contributed by atoms with Crippen LogP contribution in [0.25, 0.3) is 0 Å². The van der Waals surface area contributed by atoms with Crippen LogP contribution < -0.4 is 14.8 Å². The van der Waals surface area contributed by atoms with Crippen molar-refractivity contribution in [2.75, 3.05) is 19.5 Å². The van der Waals surface area contributed by atoms with Crippen LogP contribution >= 0.6 is 15.9 Å². The maximum atomic E-state index is 12.3. The smallest absolute Gasteiger partial charge is 0.339 e. The van der Waals surface area contributed by atoms with Gasteiger partial charge in [-0.3, -0.25) is 4.79 Å². The minimum atomic E-state index is -1.14. The third kappa shape index (κ3) is 3.53. The largest absolute Gasteiger partial charge is 0.493 e. The number of aryl methyl sites for hydroxylation is 1. The van der Waals surface area contributed by atoms with E-state index in [4.69, 9.17) is 19.0 Å². The maximum absolute atomic E-state index is 12.3. The molecule has 1 aromatic heterocycles. The predicted octanol–water partition coefficient (Wildman–Crippen LogP) is 3.57. The molecule has 0 fully saturated rings. The Bertz CT molecular complexity index is 783. The zero-order valence-corrected chi connectivity index (χ0v) is 14.9. The van der Waals surface area contributed by atoms with E-state index in [1.54, 1.807) is 19.1 Å². The van der Waals surface area contributed by atoms with Crippen LogP contribution in [-0.4, -0.2) is 31.2 Å². The first kappa shape index (κ1) is 17.9. The zero-order valence-electron chi connectivity index (χ0n) is 13.3. The molecule has 0 saturated carbocycles. The normalized spacial score (nSPS) is 10.3. The van der Waals surface area contributed by atoms with E-state index < -0.39 is 11.9 Å². The SMILES string of the molecule is CCc1oc(C(=O)Nc2cc(OC)c(OC)cc2Br)cc1C(=O)O. The highest BCUT2D eigenvalue weighted by atomic mass is 79.9. The molecular weight excluding hydrogens is 382 g/mol. The Morgan fingerprint density at radius 1 is 1.21 bits per heavy atom. The van der Waals surface area contributed by atoms with Gasteiger partial charge in [0.25, 0.3) is 5.91 Å². The lowest BCUT2D eigenvalue weighted by molar-refractivity contribution is 0.0694. The number of furan rings is 1. The summed E-state index contributed by atoms with van der Waals surface area (Å²) >= 11 is 3.33. The van der Waals surface area contributed by atoms with Crippen molar-refractivity contribution >= 4 is 33.5 Å². The van der Waals surface area contributed by atoms with Crippen LogP contribution in [0.15, 0.2) is 27.1 Å². The van der Waals surface area contributed by atoms with Gasteiger partial charge < -0.3 is 24.3 Å². The number of ether oxygens (including phenoxy) is 2. The van der Waals surface area contributed by atoms with E-state index in [1.165, 1.54) is 20.3 Å². The summed E-state index contributed by atoms with van der Waals surface area (Å²) in [5.74, 6) is -0.588. The Morgan fingerprint density at radius 2 is 1.83 bits per heavy atom. The van der Waals surface area contributed by atoms with Crippen molar-refractivity contribution in [1.29, 1.82) is 0 Å². The summed E-state index contributed by atoms with van der Waals surface area (Å²) in [6.45, 7) is 1.75. The topological polar surface area (TPSA) is 98.0 Å². The van der Waals surface area contributed by atoms with Crippen molar-refractivity contribution in [2.24, 2.45) is 0 Å². The number of halogens is 1. The summed E-state index contributed by atoms with van der Waals surface area (Å²) in [5, 5.41) is 11.8. The first-order valence-electron chi connectivity index (χ1n) is 7.00. The van der Waals surface area contributed by atoms with Gasteiger partial charge in [0, 0.05) is 29.1 Å². The quantitative estimate of drug-likeness (QED) is 0.772. The predicted molar refractivity (Wildman–Crippen MR) is 90.2 cm³/mol. The van der Waals surface area contributed by atoms with E-state index in [0.29, 0.717) is 28.1 Å². The van der Waals surface area contributed by atoms with Gasteiger partial charge in [0.1, 0.15) is 11.3 Å². The summed E-state index contributed by atoms with van der Waals surface area (Å²) in [6, 6.07) is 4.45. The van der Waals surface area contributed by atoms with Crippen molar-refractivity contribution in [2.45, 2.75) is 13.3 Å². The monoisotopic (exact) mass is 397 g/mol. The molecule has 24 heavy (non-hydrogen) atoms. The summed E-state index contributed by atoms with van der Waals surface area (Å²) in [4.78, 5) is 23.5. The van der Waals surface area contributed by atoms with Gasteiger partial charge in [-0.2, -0.15) is 0 Å². The molecule has 2 rings (SSSR count). The molecule has 0 aliphatic carbocycles. The molecule has 0 aliphatic rings.